The molecule has 142 valence electrons. The average Bonchev–Trinajstić information content (AvgIpc) is 2.66. The average molecular weight is 454 g/mol. The molecule has 0 N–H and O–H groups in total. The van der Waals surface area contributed by atoms with E-state index in [1.165, 1.54) is 71.1 Å². The molecule has 2 rings (SSSR count). The van der Waals surface area contributed by atoms with Crippen LogP contribution in [0.2, 0.25) is 13.3 Å². The Kier molecular flexibility index (Phi) is 8.50. The minimum absolute atomic E-state index is 0.0697. The molecule has 1 saturated heterocycles. The maximum absolute atomic E-state index is 12.8. The zero-order valence-electron chi connectivity index (χ0n) is 16.7. The van der Waals surface area contributed by atoms with Crippen LogP contribution in [0.15, 0.2) is 9.59 Å². The second-order valence-corrected chi connectivity index (χ2v) is 21.0. The maximum atomic E-state index is 12.8. The van der Waals surface area contributed by atoms with Crippen molar-refractivity contribution in [3.63, 3.8) is 0 Å². The summed E-state index contributed by atoms with van der Waals surface area (Å²) in [6, 6.07) is 0. The summed E-state index contributed by atoms with van der Waals surface area (Å²) in [7, 11) is 0. The summed E-state index contributed by atoms with van der Waals surface area (Å²) in [5.74, 6) is 0. The SMILES string of the molecule is CCC[CH2][Sn]([CH2]CCC)([CH2]CCC)[c]1c(N2CCCCC2)c(=O)c1=O. The Morgan fingerprint density at radius 1 is 0.760 bits per heavy atom. The van der Waals surface area contributed by atoms with Gasteiger partial charge in [-0.2, -0.15) is 0 Å². The normalized spacial score (nSPS) is 15.9. The molecule has 1 fully saturated rings. The standard InChI is InChI=1S/C9H10NO2.3C4H9.Sn/c11-8-6-7(9(8)12)10-4-2-1-3-5-10;3*1-3-4-2;/h1-5H2;3*1,3-4H2,2H3;. The van der Waals surface area contributed by atoms with Gasteiger partial charge in [-0.3, -0.25) is 0 Å². The second kappa shape index (κ2) is 10.1. The molecule has 0 aromatic heterocycles. The van der Waals surface area contributed by atoms with Crippen LogP contribution in [-0.2, 0) is 0 Å². The summed E-state index contributed by atoms with van der Waals surface area (Å²) < 4.78 is 4.96. The zero-order chi connectivity index (χ0) is 18.3. The fraction of sp³-hybridized carbons (Fsp3) is 0.810. The van der Waals surface area contributed by atoms with Gasteiger partial charge in [0.1, 0.15) is 0 Å². The molecule has 4 heteroatoms. The van der Waals surface area contributed by atoms with Gasteiger partial charge in [-0.25, -0.2) is 0 Å². The van der Waals surface area contributed by atoms with Crippen molar-refractivity contribution in [2.45, 2.75) is 91.9 Å². The van der Waals surface area contributed by atoms with Gasteiger partial charge < -0.3 is 0 Å². The number of unbranched alkanes of at least 4 members (excludes halogenated alkanes) is 3. The molecule has 3 nitrogen and oxygen atoms in total. The van der Waals surface area contributed by atoms with Crippen molar-refractivity contribution in [3.8, 4) is 0 Å². The van der Waals surface area contributed by atoms with Gasteiger partial charge in [-0.15, -0.1) is 0 Å². The van der Waals surface area contributed by atoms with Gasteiger partial charge in [0.05, 0.1) is 0 Å². The summed E-state index contributed by atoms with van der Waals surface area (Å²) in [6.07, 6.45) is 10.9. The molecule has 0 saturated carbocycles. The van der Waals surface area contributed by atoms with Crippen LogP contribution in [0.4, 0.5) is 5.69 Å². The molecule has 0 atom stereocenters. The van der Waals surface area contributed by atoms with Crippen LogP contribution < -0.4 is 19.3 Å². The first kappa shape index (κ1) is 21.0. The van der Waals surface area contributed by atoms with Crippen LogP contribution in [0, 0.1) is 0 Å². The number of rotatable bonds is 11. The van der Waals surface area contributed by atoms with Gasteiger partial charge in [-0.1, -0.05) is 0 Å². The molecule has 1 aromatic carbocycles. The van der Waals surface area contributed by atoms with E-state index in [-0.39, 0.29) is 10.9 Å². The Hall–Kier alpha value is -0.321. The fourth-order valence-electron chi connectivity index (χ4n) is 4.59. The molecule has 0 bridgehead atoms. The van der Waals surface area contributed by atoms with E-state index in [2.05, 4.69) is 25.7 Å². The van der Waals surface area contributed by atoms with Crippen LogP contribution in [-0.4, -0.2) is 31.5 Å². The van der Waals surface area contributed by atoms with Crippen LogP contribution in [0.1, 0.15) is 78.6 Å². The van der Waals surface area contributed by atoms with E-state index >= 15 is 0 Å². The van der Waals surface area contributed by atoms with Gasteiger partial charge in [0.25, 0.3) is 0 Å². The molecule has 0 unspecified atom stereocenters. The molecule has 1 aromatic rings. The molecule has 1 aliphatic heterocycles. The molecule has 1 heterocycles. The van der Waals surface area contributed by atoms with E-state index in [0.29, 0.717) is 0 Å². The molecule has 0 aliphatic carbocycles. The van der Waals surface area contributed by atoms with Gasteiger partial charge in [0.15, 0.2) is 0 Å². The summed E-state index contributed by atoms with van der Waals surface area (Å²) in [5, 5.41) is 0. The molecular weight excluding hydrogens is 417 g/mol. The molecule has 0 amide bonds. The molecule has 0 spiro atoms. The summed E-state index contributed by atoms with van der Waals surface area (Å²) in [5.41, 5.74) is 0.686. The van der Waals surface area contributed by atoms with Gasteiger partial charge in [0.2, 0.25) is 0 Å². The van der Waals surface area contributed by atoms with Gasteiger partial charge in [0, 0.05) is 0 Å². The van der Waals surface area contributed by atoms with Crippen molar-refractivity contribution in [2.24, 2.45) is 0 Å². The number of hydrogen-bond acceptors (Lipinski definition) is 3. The first-order chi connectivity index (χ1) is 12.1. The Labute approximate surface area is 157 Å². The summed E-state index contributed by atoms with van der Waals surface area (Å²) in [4.78, 5) is 27.6. The van der Waals surface area contributed by atoms with E-state index in [1.807, 2.05) is 0 Å². The van der Waals surface area contributed by atoms with Crippen molar-refractivity contribution in [3.05, 3.63) is 20.4 Å². The van der Waals surface area contributed by atoms with Crippen LogP contribution in [0.5, 0.6) is 0 Å². The van der Waals surface area contributed by atoms with Crippen molar-refractivity contribution in [1.29, 1.82) is 0 Å². The number of piperidine rings is 1. The van der Waals surface area contributed by atoms with E-state index in [4.69, 9.17) is 0 Å². The Morgan fingerprint density at radius 3 is 1.68 bits per heavy atom. The zero-order valence-corrected chi connectivity index (χ0v) is 19.5. The van der Waals surface area contributed by atoms with Crippen molar-refractivity contribution < 1.29 is 0 Å². The van der Waals surface area contributed by atoms with Crippen molar-refractivity contribution in [2.75, 3.05) is 18.0 Å². The first-order valence-electron chi connectivity index (χ1n) is 10.7. The summed E-state index contributed by atoms with van der Waals surface area (Å²) in [6.45, 7) is 8.72. The van der Waals surface area contributed by atoms with E-state index in [9.17, 15) is 9.59 Å². The van der Waals surface area contributed by atoms with Crippen LogP contribution in [0.3, 0.4) is 0 Å². The Morgan fingerprint density at radius 2 is 1.24 bits per heavy atom. The number of hydrogen-bond donors (Lipinski definition) is 0. The Bertz CT molecular complexity index is 575. The quantitative estimate of drug-likeness (QED) is 0.369. The molecule has 0 radical (unpaired) electrons. The number of anilines is 1. The third kappa shape index (κ3) is 4.70. The first-order valence-corrected chi connectivity index (χ1v) is 18.2. The second-order valence-electron chi connectivity index (χ2n) is 8.02. The van der Waals surface area contributed by atoms with Gasteiger partial charge in [-0.05, 0) is 0 Å². The third-order valence-electron chi connectivity index (χ3n) is 6.11. The predicted octanol–water partition coefficient (Wildman–Crippen LogP) is 4.33. The van der Waals surface area contributed by atoms with Crippen LogP contribution >= 0.6 is 0 Å². The minimum atomic E-state index is -2.78. The van der Waals surface area contributed by atoms with Crippen molar-refractivity contribution >= 4 is 27.6 Å². The molecular formula is C21H37NO2Sn. The summed E-state index contributed by atoms with van der Waals surface area (Å²) >= 11 is -2.78. The fourth-order valence-corrected chi connectivity index (χ4v) is 21.6. The van der Waals surface area contributed by atoms with E-state index in [1.54, 1.807) is 0 Å². The topological polar surface area (TPSA) is 37.4 Å². The van der Waals surface area contributed by atoms with Crippen LogP contribution in [0.25, 0.3) is 0 Å². The molecule has 25 heavy (non-hydrogen) atoms. The van der Waals surface area contributed by atoms with Crippen molar-refractivity contribution in [1.82, 2.24) is 0 Å². The number of nitrogens with zero attached hydrogens (tertiary/aromatic N) is 1. The predicted molar refractivity (Wildman–Crippen MR) is 112 cm³/mol. The third-order valence-corrected chi connectivity index (χ3v) is 21.7. The molecule has 1 aliphatic rings. The van der Waals surface area contributed by atoms with Gasteiger partial charge >= 0.3 is 158 Å². The van der Waals surface area contributed by atoms with E-state index < -0.39 is 18.4 Å². The Balaban J connectivity index is 2.42. The monoisotopic (exact) mass is 455 g/mol. The van der Waals surface area contributed by atoms with E-state index in [0.717, 1.165) is 22.4 Å².